The summed E-state index contributed by atoms with van der Waals surface area (Å²) in [5.74, 6) is -0.290. The number of piperazine rings is 1. The van der Waals surface area contributed by atoms with Crippen molar-refractivity contribution >= 4 is 44.8 Å². The quantitative estimate of drug-likeness (QED) is 0.533. The van der Waals surface area contributed by atoms with Gasteiger partial charge < -0.3 is 4.90 Å². The molecule has 2 aromatic rings. The van der Waals surface area contributed by atoms with Crippen LogP contribution in [0.25, 0.3) is 0 Å². The van der Waals surface area contributed by atoms with Gasteiger partial charge in [-0.1, -0.05) is 35.3 Å². The van der Waals surface area contributed by atoms with Crippen LogP contribution in [0.4, 0.5) is 5.69 Å². The number of halogens is 2. The molecule has 0 N–H and O–H groups in total. The predicted molar refractivity (Wildman–Crippen MR) is 104 cm³/mol. The lowest BCUT2D eigenvalue weighted by Gasteiger charge is -2.34. The second kappa shape index (κ2) is 8.04. The van der Waals surface area contributed by atoms with E-state index in [-0.39, 0.29) is 42.0 Å². The van der Waals surface area contributed by atoms with Gasteiger partial charge in [0.25, 0.3) is 11.6 Å². The summed E-state index contributed by atoms with van der Waals surface area (Å²) in [4.78, 5) is 24.2. The van der Waals surface area contributed by atoms with Gasteiger partial charge >= 0.3 is 0 Å². The highest BCUT2D eigenvalue weighted by atomic mass is 35.5. The molecule has 0 radical (unpaired) electrons. The van der Waals surface area contributed by atoms with E-state index in [1.807, 2.05) is 0 Å². The molecule has 0 aliphatic carbocycles. The first kappa shape index (κ1) is 20.5. The van der Waals surface area contributed by atoms with Crippen LogP contribution in [-0.2, 0) is 10.0 Å². The van der Waals surface area contributed by atoms with Crippen molar-refractivity contribution in [3.8, 4) is 0 Å². The minimum atomic E-state index is -4.05. The van der Waals surface area contributed by atoms with Gasteiger partial charge in [-0.15, -0.1) is 0 Å². The summed E-state index contributed by atoms with van der Waals surface area (Å²) in [6.07, 6.45) is 0. The van der Waals surface area contributed by atoms with Gasteiger partial charge in [-0.2, -0.15) is 4.31 Å². The van der Waals surface area contributed by atoms with Crippen LogP contribution >= 0.6 is 23.2 Å². The van der Waals surface area contributed by atoms with E-state index >= 15 is 0 Å². The van der Waals surface area contributed by atoms with Crippen LogP contribution in [0.15, 0.2) is 47.4 Å². The third kappa shape index (κ3) is 3.97. The van der Waals surface area contributed by atoms with Crippen molar-refractivity contribution in [3.63, 3.8) is 0 Å². The topological polar surface area (TPSA) is 101 Å². The Morgan fingerprint density at radius 3 is 2.25 bits per heavy atom. The molecule has 1 aliphatic heterocycles. The highest BCUT2D eigenvalue weighted by Gasteiger charge is 2.34. The molecule has 1 fully saturated rings. The van der Waals surface area contributed by atoms with Gasteiger partial charge in [0.2, 0.25) is 10.0 Å². The molecular weight excluding hydrogens is 429 g/mol. The van der Waals surface area contributed by atoms with Crippen molar-refractivity contribution in [2.45, 2.75) is 4.90 Å². The highest BCUT2D eigenvalue weighted by molar-refractivity contribution is 7.89. The van der Waals surface area contributed by atoms with Gasteiger partial charge in [0.15, 0.2) is 4.90 Å². The molecule has 0 unspecified atom stereocenters. The van der Waals surface area contributed by atoms with E-state index in [9.17, 15) is 23.3 Å². The standard InChI is InChI=1S/C17H15Cl2N3O5S/c18-13-6-5-12(11-14(13)19)17(23)20-7-9-21(10-8-20)28(26,27)16-4-2-1-3-15(16)22(24)25/h1-6,11H,7-10H2. The Kier molecular flexibility index (Phi) is 5.90. The van der Waals surface area contributed by atoms with E-state index in [0.717, 1.165) is 10.4 Å². The number of nitro groups is 1. The molecule has 0 saturated carbocycles. The molecule has 1 amide bonds. The molecule has 0 atom stereocenters. The molecule has 11 heteroatoms. The van der Waals surface area contributed by atoms with Crippen LogP contribution in [0.3, 0.4) is 0 Å². The van der Waals surface area contributed by atoms with E-state index < -0.39 is 20.6 Å². The molecule has 148 valence electrons. The maximum Gasteiger partial charge on any atom is 0.289 e. The summed E-state index contributed by atoms with van der Waals surface area (Å²) in [6, 6.07) is 9.73. The van der Waals surface area contributed by atoms with Crippen molar-refractivity contribution in [3.05, 3.63) is 68.2 Å². The van der Waals surface area contributed by atoms with Crippen LogP contribution in [0.2, 0.25) is 10.0 Å². The zero-order valence-electron chi connectivity index (χ0n) is 14.4. The average Bonchev–Trinajstić information content (AvgIpc) is 2.69. The molecular formula is C17H15Cl2N3O5S. The van der Waals surface area contributed by atoms with Gasteiger partial charge in [-0.3, -0.25) is 14.9 Å². The maximum atomic E-state index is 12.8. The van der Waals surface area contributed by atoms with Crippen molar-refractivity contribution in [2.75, 3.05) is 26.2 Å². The van der Waals surface area contributed by atoms with Crippen LogP contribution in [-0.4, -0.2) is 54.6 Å². The fraction of sp³-hybridized carbons (Fsp3) is 0.235. The number of nitro benzene ring substituents is 1. The molecule has 2 aromatic carbocycles. The highest BCUT2D eigenvalue weighted by Crippen LogP contribution is 2.27. The first-order valence-corrected chi connectivity index (χ1v) is 10.4. The van der Waals surface area contributed by atoms with Gasteiger partial charge in [-0.25, -0.2) is 8.42 Å². The van der Waals surface area contributed by atoms with E-state index in [2.05, 4.69) is 0 Å². The molecule has 28 heavy (non-hydrogen) atoms. The summed E-state index contributed by atoms with van der Waals surface area (Å²) in [6.45, 7) is 0.362. The Balaban J connectivity index is 1.75. The fourth-order valence-electron chi connectivity index (χ4n) is 2.91. The van der Waals surface area contributed by atoms with Gasteiger partial charge in [-0.05, 0) is 24.3 Å². The Bertz CT molecular complexity index is 1040. The molecule has 8 nitrogen and oxygen atoms in total. The largest absolute Gasteiger partial charge is 0.336 e. The number of benzene rings is 2. The smallest absolute Gasteiger partial charge is 0.289 e. The first-order chi connectivity index (χ1) is 13.2. The lowest BCUT2D eigenvalue weighted by Crippen LogP contribution is -2.50. The van der Waals surface area contributed by atoms with Crippen LogP contribution < -0.4 is 0 Å². The van der Waals surface area contributed by atoms with E-state index in [1.165, 1.54) is 35.2 Å². The normalized spacial score (nSPS) is 15.4. The molecule has 1 heterocycles. The number of hydrogen-bond acceptors (Lipinski definition) is 5. The van der Waals surface area contributed by atoms with E-state index in [1.54, 1.807) is 6.07 Å². The number of carbonyl (C=O) groups is 1. The Labute approximate surface area is 171 Å². The zero-order valence-corrected chi connectivity index (χ0v) is 16.7. The SMILES string of the molecule is O=C(c1ccc(Cl)c(Cl)c1)N1CCN(S(=O)(=O)c2ccccc2[N+](=O)[O-])CC1. The second-order valence-corrected chi connectivity index (χ2v) is 8.77. The lowest BCUT2D eigenvalue weighted by atomic mass is 10.2. The second-order valence-electron chi connectivity index (χ2n) is 6.05. The zero-order chi connectivity index (χ0) is 20.5. The molecule has 0 bridgehead atoms. The first-order valence-electron chi connectivity index (χ1n) is 8.19. The maximum absolute atomic E-state index is 12.8. The monoisotopic (exact) mass is 443 g/mol. The third-order valence-electron chi connectivity index (χ3n) is 4.37. The Hall–Kier alpha value is -2.20. The van der Waals surface area contributed by atoms with E-state index in [0.29, 0.717) is 10.6 Å². The van der Waals surface area contributed by atoms with Crippen molar-refractivity contribution in [2.24, 2.45) is 0 Å². The average molecular weight is 444 g/mol. The van der Waals surface area contributed by atoms with Crippen molar-refractivity contribution < 1.29 is 18.1 Å². The Morgan fingerprint density at radius 1 is 1.00 bits per heavy atom. The number of nitrogens with zero attached hydrogens (tertiary/aromatic N) is 3. The molecule has 0 aromatic heterocycles. The summed E-state index contributed by atoms with van der Waals surface area (Å²) < 4.78 is 26.8. The fourth-order valence-corrected chi connectivity index (χ4v) is 4.79. The lowest BCUT2D eigenvalue weighted by molar-refractivity contribution is -0.387. The van der Waals surface area contributed by atoms with Crippen LogP contribution in [0.5, 0.6) is 0 Å². The van der Waals surface area contributed by atoms with Crippen LogP contribution in [0, 0.1) is 10.1 Å². The van der Waals surface area contributed by atoms with Gasteiger partial charge in [0.05, 0.1) is 15.0 Å². The Morgan fingerprint density at radius 2 is 1.64 bits per heavy atom. The predicted octanol–water partition coefficient (Wildman–Crippen LogP) is 3.05. The summed E-state index contributed by atoms with van der Waals surface area (Å²) >= 11 is 11.8. The number of sulfonamides is 1. The number of hydrogen-bond donors (Lipinski definition) is 0. The number of para-hydroxylation sites is 1. The van der Waals surface area contributed by atoms with Crippen LogP contribution in [0.1, 0.15) is 10.4 Å². The van der Waals surface area contributed by atoms with Gasteiger partial charge in [0.1, 0.15) is 0 Å². The summed E-state index contributed by atoms with van der Waals surface area (Å²) in [5, 5.41) is 11.7. The van der Waals surface area contributed by atoms with Crippen molar-refractivity contribution in [1.29, 1.82) is 0 Å². The third-order valence-corrected chi connectivity index (χ3v) is 7.06. The number of amides is 1. The van der Waals surface area contributed by atoms with Gasteiger partial charge in [0, 0.05) is 37.8 Å². The summed E-state index contributed by atoms with van der Waals surface area (Å²) in [7, 11) is -4.05. The molecule has 3 rings (SSSR count). The molecule has 0 spiro atoms. The minimum Gasteiger partial charge on any atom is -0.336 e. The summed E-state index contributed by atoms with van der Waals surface area (Å²) in [5.41, 5.74) is -0.124. The van der Waals surface area contributed by atoms with Crippen molar-refractivity contribution in [1.82, 2.24) is 9.21 Å². The molecule has 1 saturated heterocycles. The van der Waals surface area contributed by atoms with E-state index in [4.69, 9.17) is 23.2 Å². The minimum absolute atomic E-state index is 0.0292. The number of carbonyl (C=O) groups excluding carboxylic acids is 1. The number of rotatable bonds is 4. The molecule has 1 aliphatic rings.